The highest BCUT2D eigenvalue weighted by Gasteiger charge is 2.68. The summed E-state index contributed by atoms with van der Waals surface area (Å²) in [6.07, 6.45) is 7.71. The van der Waals surface area contributed by atoms with Crippen LogP contribution in [0.1, 0.15) is 88.7 Å². The predicted octanol–water partition coefficient (Wildman–Crippen LogP) is 5.09. The van der Waals surface area contributed by atoms with Crippen LogP contribution in [0.5, 0.6) is 0 Å². The van der Waals surface area contributed by atoms with Gasteiger partial charge < -0.3 is 30.7 Å². The maximum absolute atomic E-state index is 13.6. The van der Waals surface area contributed by atoms with Crippen LogP contribution >= 0.6 is 0 Å². The van der Waals surface area contributed by atoms with E-state index in [2.05, 4.69) is 17.2 Å². The number of hydrogen-bond donors (Lipinski definition) is 4. The summed E-state index contributed by atoms with van der Waals surface area (Å²) in [5.74, 6) is -2.65. The van der Waals surface area contributed by atoms with E-state index in [1.807, 2.05) is 31.2 Å². The second-order valence-corrected chi connectivity index (χ2v) is 16.7. The van der Waals surface area contributed by atoms with E-state index in [1.165, 1.54) is 0 Å². The molecular formula is C44H51N3O9. The fraction of sp³-hybridized carbons (Fsp3) is 0.500. The largest absolute Gasteiger partial charge is 0.461 e. The van der Waals surface area contributed by atoms with Crippen molar-refractivity contribution in [3.8, 4) is 0 Å². The van der Waals surface area contributed by atoms with E-state index in [-0.39, 0.29) is 73.7 Å². The zero-order chi connectivity index (χ0) is 39.8. The Morgan fingerprint density at radius 3 is 2.46 bits per heavy atom. The number of rotatable bonds is 12. The van der Waals surface area contributed by atoms with Crippen molar-refractivity contribution < 1.29 is 43.7 Å². The fourth-order valence-corrected chi connectivity index (χ4v) is 10.6. The zero-order valence-corrected chi connectivity index (χ0v) is 32.0. The van der Waals surface area contributed by atoms with Gasteiger partial charge in [-0.1, -0.05) is 49.8 Å². The van der Waals surface area contributed by atoms with Gasteiger partial charge in [0.05, 0.1) is 24.9 Å². The number of nitrogens with one attached hydrogen (secondary N) is 1. The van der Waals surface area contributed by atoms with Crippen molar-refractivity contribution in [1.82, 2.24) is 4.98 Å². The number of anilines is 1. The molecule has 1 heterocycles. The number of benzene rings is 2. The Balaban J connectivity index is 0.864. The minimum Gasteiger partial charge on any atom is -0.461 e. The third-order valence-corrected chi connectivity index (χ3v) is 13.6. The van der Waals surface area contributed by atoms with E-state index in [9.17, 15) is 34.2 Å². The number of fused-ring (bicyclic) bond motifs is 6. The molecule has 2 aromatic carbocycles. The second kappa shape index (κ2) is 15.6. The summed E-state index contributed by atoms with van der Waals surface area (Å²) in [5.41, 5.74) is 6.18. The Hall–Kier alpha value is -4.78. The number of carbonyl (C=O) groups is 5. The molecule has 3 aromatic rings. The Labute approximate surface area is 326 Å². The highest BCUT2D eigenvalue weighted by molar-refractivity contribution is 5.98. The standard InChI is InChI=1S/C44H51N3O9/c1-42-16-13-32(48)20-30(42)8-10-33-35-14-17-44(54,43(35,2)21-36(49)40(33)42)37(50)25-56-39(52)12-11-38(51)55-24-26-3-5-27(6-4-26)34(22-45)41(53)47-31-9-7-29-23-46-18-15-28(29)19-31/h3-7,9,15,18-20,23,33-36,40,49,54H,8,10-14,16-17,21-22,24-25,45H2,1-2H3,(H,47,53)/t33-,34+,35-,36-,40?,42-,43-,44-/m0/s1. The molecule has 12 nitrogen and oxygen atoms in total. The number of pyridine rings is 1. The first-order chi connectivity index (χ1) is 26.8. The molecular weight excluding hydrogens is 714 g/mol. The molecule has 5 N–H and O–H groups in total. The van der Waals surface area contributed by atoms with Gasteiger partial charge in [0.15, 0.2) is 12.4 Å². The number of carbonyl (C=O) groups excluding carboxylic acids is 5. The lowest BCUT2D eigenvalue weighted by molar-refractivity contribution is -0.184. The normalized spacial score (nSPS) is 29.9. The molecule has 8 atom stereocenters. The smallest absolute Gasteiger partial charge is 0.306 e. The average Bonchev–Trinajstić information content (AvgIpc) is 3.46. The first kappa shape index (κ1) is 39.5. The van der Waals surface area contributed by atoms with E-state index in [0.717, 1.165) is 29.2 Å². The van der Waals surface area contributed by atoms with Gasteiger partial charge in [0, 0.05) is 41.8 Å². The molecule has 12 heteroatoms. The Kier molecular flexibility index (Phi) is 11.0. The van der Waals surface area contributed by atoms with Crippen LogP contribution in [0.4, 0.5) is 5.69 Å². The molecule has 4 aliphatic rings. The Morgan fingerprint density at radius 1 is 0.964 bits per heavy atom. The van der Waals surface area contributed by atoms with Crippen molar-refractivity contribution in [2.75, 3.05) is 18.5 Å². The molecule has 296 valence electrons. The quantitative estimate of drug-likeness (QED) is 0.180. The second-order valence-electron chi connectivity index (χ2n) is 16.7. The van der Waals surface area contributed by atoms with Gasteiger partial charge in [0.25, 0.3) is 0 Å². The molecule has 3 saturated carbocycles. The topological polar surface area (TPSA) is 195 Å². The number of aromatic nitrogens is 1. The number of hydrogen-bond acceptors (Lipinski definition) is 11. The van der Waals surface area contributed by atoms with Crippen LogP contribution < -0.4 is 11.1 Å². The van der Waals surface area contributed by atoms with Gasteiger partial charge in [-0.3, -0.25) is 29.0 Å². The minimum atomic E-state index is -1.76. The molecule has 7 rings (SSSR count). The molecule has 0 saturated heterocycles. The van der Waals surface area contributed by atoms with Crippen LogP contribution in [-0.2, 0) is 40.1 Å². The van der Waals surface area contributed by atoms with E-state index in [4.69, 9.17) is 15.2 Å². The van der Waals surface area contributed by atoms with Crippen molar-refractivity contribution in [3.05, 3.63) is 83.7 Å². The molecule has 1 unspecified atom stereocenters. The zero-order valence-electron chi connectivity index (χ0n) is 32.0. The van der Waals surface area contributed by atoms with Gasteiger partial charge in [-0.05, 0) is 102 Å². The number of Topliss-reactive ketones (excluding diaryl/α,β-unsaturated/α-hetero) is 1. The van der Waals surface area contributed by atoms with E-state index < -0.39 is 47.4 Å². The van der Waals surface area contributed by atoms with Gasteiger partial charge in [0.1, 0.15) is 12.2 Å². The number of amides is 1. The lowest BCUT2D eigenvalue weighted by Gasteiger charge is -2.60. The van der Waals surface area contributed by atoms with Crippen molar-refractivity contribution in [2.45, 2.75) is 95.9 Å². The van der Waals surface area contributed by atoms with E-state index in [0.29, 0.717) is 36.1 Å². The number of nitrogens with two attached hydrogens (primary N) is 1. The van der Waals surface area contributed by atoms with Crippen molar-refractivity contribution in [1.29, 1.82) is 0 Å². The molecule has 0 spiro atoms. The van der Waals surface area contributed by atoms with Crippen LogP contribution in [0.25, 0.3) is 10.8 Å². The summed E-state index contributed by atoms with van der Waals surface area (Å²) in [4.78, 5) is 68.1. The average molecular weight is 766 g/mol. The Morgan fingerprint density at radius 2 is 1.71 bits per heavy atom. The summed E-state index contributed by atoms with van der Waals surface area (Å²) < 4.78 is 10.6. The maximum atomic E-state index is 13.6. The minimum absolute atomic E-state index is 0.00318. The fourth-order valence-electron chi connectivity index (χ4n) is 10.6. The lowest BCUT2D eigenvalue weighted by Crippen LogP contribution is -2.62. The molecule has 0 aliphatic heterocycles. The third-order valence-electron chi connectivity index (χ3n) is 13.6. The number of allylic oxidation sites excluding steroid dienone is 1. The summed E-state index contributed by atoms with van der Waals surface area (Å²) in [6.45, 7) is 3.45. The molecule has 3 fully saturated rings. The lowest BCUT2D eigenvalue weighted by atomic mass is 9.45. The van der Waals surface area contributed by atoms with Crippen molar-refractivity contribution in [3.63, 3.8) is 0 Å². The molecule has 56 heavy (non-hydrogen) atoms. The number of nitrogens with zero attached hydrogens (tertiary/aromatic N) is 1. The van der Waals surface area contributed by atoms with Gasteiger partial charge in [-0.25, -0.2) is 0 Å². The summed E-state index contributed by atoms with van der Waals surface area (Å²) in [5, 5.41) is 28.4. The summed E-state index contributed by atoms with van der Waals surface area (Å²) in [7, 11) is 0. The molecule has 1 aromatic heterocycles. The Bertz CT molecular complexity index is 2070. The molecule has 1 amide bonds. The SMILES string of the molecule is C[C@]12CCC(=O)C=C1CC[C@@H]1C2[C@@H](O)C[C@@]2(C)[C@H]1CC[C@]2(O)C(=O)COC(=O)CCC(=O)OCc1ccc([C@@H](CN)C(=O)Nc2ccc3cnccc3c2)cc1. The predicted molar refractivity (Wildman–Crippen MR) is 207 cm³/mol. The molecule has 0 bridgehead atoms. The molecule has 0 radical (unpaired) electrons. The van der Waals surface area contributed by atoms with Crippen LogP contribution in [0.2, 0.25) is 0 Å². The number of ketones is 2. The summed E-state index contributed by atoms with van der Waals surface area (Å²) in [6, 6.07) is 14.4. The van der Waals surface area contributed by atoms with E-state index in [1.54, 1.807) is 42.7 Å². The van der Waals surface area contributed by atoms with Crippen LogP contribution in [0.15, 0.2) is 72.6 Å². The monoisotopic (exact) mass is 765 g/mol. The molecule has 4 aliphatic carbocycles. The van der Waals surface area contributed by atoms with Crippen LogP contribution in [0.3, 0.4) is 0 Å². The van der Waals surface area contributed by atoms with Crippen LogP contribution in [-0.4, -0.2) is 69.5 Å². The third kappa shape index (κ3) is 7.30. The van der Waals surface area contributed by atoms with Gasteiger partial charge in [-0.15, -0.1) is 0 Å². The first-order valence-corrected chi connectivity index (χ1v) is 19.7. The summed E-state index contributed by atoms with van der Waals surface area (Å²) >= 11 is 0. The van der Waals surface area contributed by atoms with Crippen molar-refractivity contribution >= 4 is 45.9 Å². The number of ether oxygens (including phenoxy) is 2. The van der Waals surface area contributed by atoms with Crippen molar-refractivity contribution in [2.24, 2.45) is 34.3 Å². The van der Waals surface area contributed by atoms with Gasteiger partial charge in [0.2, 0.25) is 11.7 Å². The van der Waals surface area contributed by atoms with Crippen LogP contribution in [0, 0.1) is 28.6 Å². The highest BCUT2D eigenvalue weighted by Crippen LogP contribution is 2.67. The maximum Gasteiger partial charge on any atom is 0.306 e. The number of esters is 2. The van der Waals surface area contributed by atoms with E-state index >= 15 is 0 Å². The number of aliphatic hydroxyl groups excluding tert-OH is 1. The first-order valence-electron chi connectivity index (χ1n) is 19.7. The van der Waals surface area contributed by atoms with Gasteiger partial charge in [-0.2, -0.15) is 0 Å². The number of aliphatic hydroxyl groups is 2. The van der Waals surface area contributed by atoms with Gasteiger partial charge >= 0.3 is 11.9 Å². The highest BCUT2D eigenvalue weighted by atomic mass is 16.5.